The van der Waals surface area contributed by atoms with E-state index in [1.807, 2.05) is 0 Å². The van der Waals surface area contributed by atoms with Crippen LogP contribution in [0.15, 0.2) is 23.6 Å². The van der Waals surface area contributed by atoms with Crippen LogP contribution in [0, 0.1) is 17.2 Å². The summed E-state index contributed by atoms with van der Waals surface area (Å²) < 4.78 is 103. The first-order chi connectivity index (χ1) is 8.95. The second kappa shape index (κ2) is 5.07. The third-order valence-corrected chi connectivity index (χ3v) is 2.78. The van der Waals surface area contributed by atoms with Crippen LogP contribution in [-0.2, 0) is 0 Å². The van der Waals surface area contributed by atoms with Gasteiger partial charge in [0.2, 0.25) is 5.67 Å². The topological polar surface area (TPSA) is 23.8 Å². The SMILES string of the molecule is N#CCCC1=C(F)C(C(F)(F)F)C(F)(C(F)(F)F)C=C1. The Morgan fingerprint density at radius 3 is 2.15 bits per heavy atom. The van der Waals surface area contributed by atoms with Crippen LogP contribution in [0.4, 0.5) is 35.1 Å². The highest BCUT2D eigenvalue weighted by Crippen LogP contribution is 2.53. The molecule has 0 spiro atoms. The normalized spacial score (nSPS) is 27.6. The summed E-state index contributed by atoms with van der Waals surface area (Å²) in [5, 5.41) is 8.25. The van der Waals surface area contributed by atoms with Gasteiger partial charge in [-0.2, -0.15) is 31.6 Å². The van der Waals surface area contributed by atoms with Crippen molar-refractivity contribution in [3.05, 3.63) is 23.6 Å². The number of nitrogens with zero attached hydrogens (tertiary/aromatic N) is 1. The van der Waals surface area contributed by atoms with Crippen LogP contribution in [0.5, 0.6) is 0 Å². The highest BCUT2D eigenvalue weighted by Gasteiger charge is 2.69. The van der Waals surface area contributed by atoms with E-state index in [1.165, 1.54) is 6.07 Å². The van der Waals surface area contributed by atoms with Gasteiger partial charge in [0.15, 0.2) is 5.92 Å². The molecule has 9 heteroatoms. The first kappa shape index (κ1) is 16.5. The van der Waals surface area contributed by atoms with Gasteiger partial charge in [0, 0.05) is 6.42 Å². The molecule has 2 atom stereocenters. The Labute approximate surface area is 108 Å². The van der Waals surface area contributed by atoms with E-state index in [4.69, 9.17) is 5.26 Å². The predicted octanol–water partition coefficient (Wildman–Crippen LogP) is 4.53. The van der Waals surface area contributed by atoms with Gasteiger partial charge in [-0.15, -0.1) is 0 Å². The van der Waals surface area contributed by atoms with Gasteiger partial charge in [-0.05, 0) is 18.1 Å². The van der Waals surface area contributed by atoms with Gasteiger partial charge >= 0.3 is 12.4 Å². The number of rotatable bonds is 2. The van der Waals surface area contributed by atoms with Crippen molar-refractivity contribution in [1.82, 2.24) is 0 Å². The Kier molecular flexibility index (Phi) is 4.17. The van der Waals surface area contributed by atoms with E-state index in [9.17, 15) is 35.1 Å². The van der Waals surface area contributed by atoms with E-state index in [2.05, 4.69) is 0 Å². The highest BCUT2D eigenvalue weighted by atomic mass is 19.4. The highest BCUT2D eigenvalue weighted by molar-refractivity contribution is 5.36. The molecule has 0 saturated heterocycles. The maximum absolute atomic E-state index is 13.7. The average Bonchev–Trinajstić information content (AvgIpc) is 2.24. The fourth-order valence-electron chi connectivity index (χ4n) is 1.80. The Balaban J connectivity index is 3.35. The summed E-state index contributed by atoms with van der Waals surface area (Å²) in [6.45, 7) is 0. The minimum absolute atomic E-state index is 0.308. The Bertz CT molecular complexity index is 478. The molecule has 0 bridgehead atoms. The summed E-state index contributed by atoms with van der Waals surface area (Å²) in [4.78, 5) is 0. The molecular weight excluding hydrogens is 298 g/mol. The third-order valence-electron chi connectivity index (χ3n) is 2.78. The molecule has 0 amide bonds. The van der Waals surface area contributed by atoms with E-state index in [-0.39, 0.29) is 6.08 Å². The molecular formula is C11H7F8N. The Morgan fingerprint density at radius 1 is 1.20 bits per heavy atom. The van der Waals surface area contributed by atoms with Gasteiger partial charge in [-0.25, -0.2) is 8.78 Å². The molecule has 0 aromatic carbocycles. The molecule has 0 aromatic rings. The van der Waals surface area contributed by atoms with Crippen molar-refractivity contribution in [1.29, 1.82) is 5.26 Å². The van der Waals surface area contributed by atoms with Crippen LogP contribution in [-0.4, -0.2) is 18.0 Å². The predicted molar refractivity (Wildman–Crippen MR) is 51.6 cm³/mol. The Hall–Kier alpha value is -1.59. The van der Waals surface area contributed by atoms with Crippen molar-refractivity contribution in [3.8, 4) is 6.07 Å². The lowest BCUT2D eigenvalue weighted by Gasteiger charge is -2.36. The van der Waals surface area contributed by atoms with Crippen LogP contribution in [0.25, 0.3) is 0 Å². The maximum Gasteiger partial charge on any atom is 0.427 e. The zero-order valence-corrected chi connectivity index (χ0v) is 9.62. The number of hydrogen-bond donors (Lipinski definition) is 0. The summed E-state index contributed by atoms with van der Waals surface area (Å²) in [5.41, 5.74) is -5.61. The fourth-order valence-corrected chi connectivity index (χ4v) is 1.80. The number of alkyl halides is 7. The summed E-state index contributed by atoms with van der Waals surface area (Å²) in [7, 11) is 0. The van der Waals surface area contributed by atoms with Crippen LogP contribution < -0.4 is 0 Å². The quantitative estimate of drug-likeness (QED) is 0.687. The molecule has 0 radical (unpaired) electrons. The zero-order valence-electron chi connectivity index (χ0n) is 9.62. The monoisotopic (exact) mass is 305 g/mol. The minimum Gasteiger partial charge on any atom is -0.228 e. The third kappa shape index (κ3) is 2.78. The molecule has 0 aliphatic heterocycles. The van der Waals surface area contributed by atoms with Gasteiger partial charge in [0.05, 0.1) is 6.07 Å². The van der Waals surface area contributed by atoms with E-state index in [1.54, 1.807) is 0 Å². The molecule has 1 aliphatic rings. The van der Waals surface area contributed by atoms with Gasteiger partial charge in [0.25, 0.3) is 0 Å². The molecule has 2 unspecified atom stereocenters. The molecule has 1 aliphatic carbocycles. The second-order valence-electron chi connectivity index (χ2n) is 4.11. The summed E-state index contributed by atoms with van der Waals surface area (Å²) in [5.74, 6) is -6.19. The lowest BCUT2D eigenvalue weighted by molar-refractivity contribution is -0.279. The van der Waals surface area contributed by atoms with Gasteiger partial charge in [0.1, 0.15) is 5.83 Å². The number of halogens is 8. The molecule has 20 heavy (non-hydrogen) atoms. The standard InChI is InChI=1S/C11H7F8N/c12-7-6(2-1-5-20)3-4-9(13,11(17,18)19)8(7)10(14,15)16/h3-4,8H,1-2H2. The Morgan fingerprint density at radius 2 is 1.75 bits per heavy atom. The summed E-state index contributed by atoms with van der Waals surface area (Å²) in [6, 6.07) is 1.51. The van der Waals surface area contributed by atoms with E-state index in [0.717, 1.165) is 0 Å². The molecule has 0 aromatic heterocycles. The fraction of sp³-hybridized carbons (Fsp3) is 0.545. The van der Waals surface area contributed by atoms with Crippen LogP contribution in [0.1, 0.15) is 12.8 Å². The maximum atomic E-state index is 13.7. The van der Waals surface area contributed by atoms with Crippen molar-refractivity contribution in [2.75, 3.05) is 0 Å². The average molecular weight is 305 g/mol. The lowest BCUT2D eigenvalue weighted by Crippen LogP contribution is -2.53. The van der Waals surface area contributed by atoms with Crippen molar-refractivity contribution >= 4 is 0 Å². The minimum atomic E-state index is -5.91. The largest absolute Gasteiger partial charge is 0.427 e. The molecule has 0 fully saturated rings. The number of nitriles is 1. The molecule has 0 saturated carbocycles. The van der Waals surface area contributed by atoms with Crippen LogP contribution in [0.3, 0.4) is 0 Å². The number of hydrogen-bond acceptors (Lipinski definition) is 1. The second-order valence-corrected chi connectivity index (χ2v) is 4.11. The van der Waals surface area contributed by atoms with E-state index in [0.29, 0.717) is 6.08 Å². The molecule has 112 valence electrons. The van der Waals surface area contributed by atoms with Gasteiger partial charge < -0.3 is 0 Å². The lowest BCUT2D eigenvalue weighted by atomic mass is 9.80. The van der Waals surface area contributed by atoms with Crippen molar-refractivity contribution in [3.63, 3.8) is 0 Å². The first-order valence-electron chi connectivity index (χ1n) is 5.22. The summed E-state index contributed by atoms with van der Waals surface area (Å²) in [6.07, 6.45) is -12.6. The molecule has 1 nitrogen and oxygen atoms in total. The number of allylic oxidation sites excluding steroid dienone is 4. The summed E-state index contributed by atoms with van der Waals surface area (Å²) >= 11 is 0. The smallest absolute Gasteiger partial charge is 0.228 e. The van der Waals surface area contributed by atoms with Crippen molar-refractivity contribution < 1.29 is 35.1 Å². The van der Waals surface area contributed by atoms with Crippen molar-refractivity contribution in [2.45, 2.75) is 30.9 Å². The van der Waals surface area contributed by atoms with Crippen molar-refractivity contribution in [2.24, 2.45) is 5.92 Å². The van der Waals surface area contributed by atoms with Crippen LogP contribution in [0.2, 0.25) is 0 Å². The van der Waals surface area contributed by atoms with Gasteiger partial charge in [-0.3, -0.25) is 0 Å². The molecule has 1 rings (SSSR count). The first-order valence-corrected chi connectivity index (χ1v) is 5.22. The van der Waals surface area contributed by atoms with Crippen LogP contribution >= 0.6 is 0 Å². The molecule has 0 N–H and O–H groups in total. The van der Waals surface area contributed by atoms with E-state index < -0.39 is 48.2 Å². The molecule has 0 heterocycles. The van der Waals surface area contributed by atoms with Gasteiger partial charge in [-0.1, -0.05) is 6.08 Å². The zero-order chi connectivity index (χ0) is 15.8. The van der Waals surface area contributed by atoms with E-state index >= 15 is 0 Å².